The molecule has 1 aliphatic heterocycles. The molecule has 3 N–H and O–H groups in total. The SMILES string of the molecule is COc1ccc(C2=Nc3c(N)ncnc3NC(c3sc(Cl)nc3Cl)C2)cc1. The van der Waals surface area contributed by atoms with Crippen molar-refractivity contribution in [2.45, 2.75) is 12.5 Å². The van der Waals surface area contributed by atoms with Gasteiger partial charge in [-0.25, -0.2) is 19.9 Å². The molecule has 0 saturated carbocycles. The molecule has 2 aromatic heterocycles. The molecule has 138 valence electrons. The Labute approximate surface area is 169 Å². The van der Waals surface area contributed by atoms with Gasteiger partial charge in [-0.15, -0.1) is 11.3 Å². The van der Waals surface area contributed by atoms with Crippen LogP contribution < -0.4 is 15.8 Å². The van der Waals surface area contributed by atoms with Gasteiger partial charge in [0.1, 0.15) is 22.9 Å². The first-order valence-electron chi connectivity index (χ1n) is 7.96. The van der Waals surface area contributed by atoms with Gasteiger partial charge in [-0.05, 0) is 29.8 Å². The average molecular weight is 421 g/mol. The van der Waals surface area contributed by atoms with Crippen molar-refractivity contribution in [2.24, 2.45) is 4.99 Å². The number of hydrogen-bond acceptors (Lipinski definition) is 8. The van der Waals surface area contributed by atoms with E-state index in [4.69, 9.17) is 38.7 Å². The summed E-state index contributed by atoms with van der Waals surface area (Å²) in [5, 5.41) is 3.71. The van der Waals surface area contributed by atoms with Gasteiger partial charge in [0.2, 0.25) is 0 Å². The maximum Gasteiger partial charge on any atom is 0.185 e. The molecule has 0 spiro atoms. The van der Waals surface area contributed by atoms with Crippen LogP contribution in [0.25, 0.3) is 0 Å². The van der Waals surface area contributed by atoms with Crippen molar-refractivity contribution in [3.05, 3.63) is 50.7 Å². The first-order valence-corrected chi connectivity index (χ1v) is 9.53. The molecule has 0 saturated heterocycles. The van der Waals surface area contributed by atoms with Gasteiger partial charge in [0.25, 0.3) is 0 Å². The van der Waals surface area contributed by atoms with E-state index >= 15 is 0 Å². The second-order valence-electron chi connectivity index (χ2n) is 5.77. The van der Waals surface area contributed by atoms with E-state index in [-0.39, 0.29) is 6.04 Å². The molecule has 3 aromatic rings. The monoisotopic (exact) mass is 420 g/mol. The van der Waals surface area contributed by atoms with E-state index in [0.717, 1.165) is 21.9 Å². The lowest BCUT2D eigenvalue weighted by Gasteiger charge is -2.17. The number of nitrogen functional groups attached to an aromatic ring is 1. The van der Waals surface area contributed by atoms with Gasteiger partial charge in [-0.2, -0.15) is 0 Å². The van der Waals surface area contributed by atoms with Crippen molar-refractivity contribution in [3.63, 3.8) is 0 Å². The molecule has 1 aromatic carbocycles. The van der Waals surface area contributed by atoms with Crippen LogP contribution in [0.5, 0.6) is 5.75 Å². The van der Waals surface area contributed by atoms with E-state index in [2.05, 4.69) is 20.3 Å². The van der Waals surface area contributed by atoms with Crippen LogP contribution in [-0.4, -0.2) is 27.8 Å². The van der Waals surface area contributed by atoms with E-state index in [9.17, 15) is 0 Å². The van der Waals surface area contributed by atoms with Crippen LogP contribution in [0, 0.1) is 0 Å². The largest absolute Gasteiger partial charge is 0.497 e. The summed E-state index contributed by atoms with van der Waals surface area (Å²) in [5.41, 5.74) is 8.29. The molecule has 27 heavy (non-hydrogen) atoms. The Kier molecular flexibility index (Phi) is 4.86. The molecule has 0 aliphatic carbocycles. The molecule has 3 heterocycles. The molecular formula is C17H14Cl2N6OS. The van der Waals surface area contributed by atoms with Crippen molar-refractivity contribution in [1.29, 1.82) is 0 Å². The standard InChI is InChI=1S/C17H14Cl2N6OS/c1-26-9-4-2-8(3-5-9)10-6-11(13-14(18)25-17(19)27-13)24-16-12(23-10)15(20)21-7-22-16/h2-5,7,11H,6H2,1H3,(H3,20,21,22,24). The van der Waals surface area contributed by atoms with Crippen molar-refractivity contribution >= 4 is 57.6 Å². The number of ether oxygens (including phenoxy) is 1. The Morgan fingerprint density at radius 2 is 2.00 bits per heavy atom. The summed E-state index contributed by atoms with van der Waals surface area (Å²) in [6.07, 6.45) is 1.94. The van der Waals surface area contributed by atoms with E-state index in [1.54, 1.807) is 7.11 Å². The fourth-order valence-corrected chi connectivity index (χ4v) is 4.32. The van der Waals surface area contributed by atoms with Gasteiger partial charge in [0.15, 0.2) is 16.1 Å². The molecule has 10 heteroatoms. The zero-order valence-electron chi connectivity index (χ0n) is 14.1. The first kappa shape index (κ1) is 18.0. The second kappa shape index (κ2) is 7.30. The van der Waals surface area contributed by atoms with Crippen molar-refractivity contribution in [2.75, 3.05) is 18.2 Å². The minimum atomic E-state index is -0.209. The maximum absolute atomic E-state index is 6.28. The van der Waals surface area contributed by atoms with Crippen molar-refractivity contribution < 1.29 is 4.74 Å². The van der Waals surface area contributed by atoms with Crippen LogP contribution in [0.3, 0.4) is 0 Å². The summed E-state index contributed by atoms with van der Waals surface area (Å²) in [6.45, 7) is 0. The van der Waals surface area contributed by atoms with E-state index < -0.39 is 0 Å². The molecule has 1 atom stereocenters. The lowest BCUT2D eigenvalue weighted by molar-refractivity contribution is 0.415. The molecule has 1 unspecified atom stereocenters. The smallest absolute Gasteiger partial charge is 0.185 e. The Balaban J connectivity index is 1.82. The predicted octanol–water partition coefficient (Wildman–Crippen LogP) is 4.51. The lowest BCUT2D eigenvalue weighted by atomic mass is 10.0. The number of hydrogen-bond donors (Lipinski definition) is 2. The third-order valence-electron chi connectivity index (χ3n) is 4.13. The van der Waals surface area contributed by atoms with Crippen LogP contribution in [0.4, 0.5) is 17.3 Å². The number of rotatable bonds is 3. The van der Waals surface area contributed by atoms with Gasteiger partial charge in [0.05, 0.1) is 23.7 Å². The summed E-state index contributed by atoms with van der Waals surface area (Å²) in [5.74, 6) is 1.60. The number of thiazole rings is 1. The zero-order chi connectivity index (χ0) is 19.0. The number of nitrogens with two attached hydrogens (primary N) is 1. The molecule has 0 radical (unpaired) electrons. The number of methoxy groups -OCH3 is 1. The van der Waals surface area contributed by atoms with Crippen LogP contribution in [0.2, 0.25) is 9.62 Å². The Morgan fingerprint density at radius 3 is 2.67 bits per heavy atom. The van der Waals surface area contributed by atoms with Crippen LogP contribution in [-0.2, 0) is 0 Å². The summed E-state index contributed by atoms with van der Waals surface area (Å²) in [6, 6.07) is 7.45. The molecule has 7 nitrogen and oxygen atoms in total. The van der Waals surface area contributed by atoms with Gasteiger partial charge >= 0.3 is 0 Å². The van der Waals surface area contributed by atoms with Crippen LogP contribution >= 0.6 is 34.5 Å². The van der Waals surface area contributed by atoms with Crippen LogP contribution in [0.15, 0.2) is 35.6 Å². The highest BCUT2D eigenvalue weighted by atomic mass is 35.5. The number of fused-ring (bicyclic) bond motifs is 1. The number of anilines is 2. The van der Waals surface area contributed by atoms with Crippen molar-refractivity contribution in [3.8, 4) is 5.75 Å². The number of nitrogens with zero attached hydrogens (tertiary/aromatic N) is 4. The average Bonchev–Trinajstić information content (AvgIpc) is 2.89. The summed E-state index contributed by atoms with van der Waals surface area (Å²) >= 11 is 13.7. The fraction of sp³-hybridized carbons (Fsp3) is 0.176. The minimum Gasteiger partial charge on any atom is -0.497 e. The number of aromatic nitrogens is 3. The summed E-state index contributed by atoms with van der Waals surface area (Å²) in [7, 11) is 1.63. The van der Waals surface area contributed by atoms with Gasteiger partial charge < -0.3 is 15.8 Å². The summed E-state index contributed by atoms with van der Waals surface area (Å²) < 4.78 is 5.62. The molecule has 0 fully saturated rings. The molecular weight excluding hydrogens is 407 g/mol. The van der Waals surface area contributed by atoms with E-state index in [1.807, 2.05) is 24.3 Å². The number of aliphatic imine (C=N–C) groups is 1. The third-order valence-corrected chi connectivity index (χ3v) is 5.80. The predicted molar refractivity (Wildman–Crippen MR) is 109 cm³/mol. The molecule has 4 rings (SSSR count). The maximum atomic E-state index is 6.28. The molecule has 0 bridgehead atoms. The Bertz CT molecular complexity index is 1020. The molecule has 1 aliphatic rings. The third kappa shape index (κ3) is 3.55. The quantitative estimate of drug-likeness (QED) is 0.646. The fourth-order valence-electron chi connectivity index (χ4n) is 2.83. The summed E-state index contributed by atoms with van der Waals surface area (Å²) in [4.78, 5) is 18.0. The van der Waals surface area contributed by atoms with Crippen LogP contribution in [0.1, 0.15) is 22.9 Å². The van der Waals surface area contributed by atoms with Gasteiger partial charge in [-0.1, -0.05) is 23.2 Å². The highest BCUT2D eigenvalue weighted by Crippen LogP contribution is 2.41. The highest BCUT2D eigenvalue weighted by Gasteiger charge is 2.27. The topological polar surface area (TPSA) is 98.3 Å². The minimum absolute atomic E-state index is 0.209. The normalized spacial score (nSPS) is 16.1. The Hall–Kier alpha value is -2.42. The van der Waals surface area contributed by atoms with Crippen molar-refractivity contribution in [1.82, 2.24) is 15.0 Å². The van der Waals surface area contributed by atoms with E-state index in [1.165, 1.54) is 17.7 Å². The number of halogens is 2. The van der Waals surface area contributed by atoms with Gasteiger partial charge in [-0.3, -0.25) is 0 Å². The van der Waals surface area contributed by atoms with E-state index in [0.29, 0.717) is 33.4 Å². The number of benzene rings is 1. The Morgan fingerprint density at radius 1 is 1.22 bits per heavy atom. The second-order valence-corrected chi connectivity index (χ2v) is 7.74. The molecule has 0 amide bonds. The highest BCUT2D eigenvalue weighted by molar-refractivity contribution is 7.16. The van der Waals surface area contributed by atoms with Gasteiger partial charge in [0, 0.05) is 6.42 Å². The zero-order valence-corrected chi connectivity index (χ0v) is 16.4. The number of nitrogens with one attached hydrogen (secondary N) is 1. The lowest BCUT2D eigenvalue weighted by Crippen LogP contribution is -2.14. The first-order chi connectivity index (χ1) is 13.0.